The molecule has 0 amide bonds. The van der Waals surface area contributed by atoms with Gasteiger partial charge in [0.25, 0.3) is 0 Å². The number of nitrogens with zero attached hydrogens (tertiary/aromatic N) is 2. The first-order valence-corrected chi connectivity index (χ1v) is 11.7. The topological polar surface area (TPSA) is 114 Å². The van der Waals surface area contributed by atoms with Crippen molar-refractivity contribution in [3.05, 3.63) is 35.4 Å². The Balaban J connectivity index is 1.97. The molecule has 7 atom stereocenters. The molecule has 0 radical (unpaired) electrons. The first-order valence-electron chi connectivity index (χ1n) is 11.7. The van der Waals surface area contributed by atoms with Crippen molar-refractivity contribution in [3.8, 4) is 5.75 Å². The van der Waals surface area contributed by atoms with Gasteiger partial charge in [0, 0.05) is 19.5 Å². The summed E-state index contributed by atoms with van der Waals surface area (Å²) in [7, 11) is 3.76. The van der Waals surface area contributed by atoms with E-state index in [9.17, 15) is 25.2 Å². The summed E-state index contributed by atoms with van der Waals surface area (Å²) in [6.45, 7) is 6.17. The highest BCUT2D eigenvalue weighted by Crippen LogP contribution is 2.75. The number of aromatic hydroxyl groups is 1. The summed E-state index contributed by atoms with van der Waals surface area (Å²) in [4.78, 5) is 17.5. The lowest BCUT2D eigenvalue weighted by molar-refractivity contribution is -0.247. The number of carboxylic acid groups (broad SMARTS) is 1. The minimum absolute atomic E-state index is 0.0619. The van der Waals surface area contributed by atoms with Crippen LogP contribution in [-0.4, -0.2) is 76.6 Å². The van der Waals surface area contributed by atoms with Crippen molar-refractivity contribution in [1.82, 2.24) is 4.90 Å². The van der Waals surface area contributed by atoms with Crippen molar-refractivity contribution >= 4 is 11.7 Å². The molecular formula is C25H34N2O6. The van der Waals surface area contributed by atoms with Gasteiger partial charge in [0.15, 0.2) is 6.29 Å². The minimum Gasteiger partial charge on any atom is -0.506 e. The summed E-state index contributed by atoms with van der Waals surface area (Å²) in [5, 5.41) is 45.1. The Bertz CT molecular complexity index is 1040. The molecular weight excluding hydrogens is 424 g/mol. The standard InChI is InChI=1S/C25H34N2O6/c1-6-14-18-17(13(2)3)20(29)25-24(10-11-26(25)4,23(18,22(31)32)12-33-21(14)30)15-8-7-9-16(28)19(15)27(25)5/h6-9,13,17-18,20-21,28-30H,10-12H2,1-5H3,(H,31,32)/b14-6+/t17-,18-,20+,21+,23+,24+,25-/m1/s1. The number of anilines is 1. The van der Waals surface area contributed by atoms with Crippen LogP contribution in [0.25, 0.3) is 0 Å². The van der Waals surface area contributed by atoms with E-state index < -0.39 is 46.7 Å². The highest BCUT2D eigenvalue weighted by Gasteiger charge is 2.85. The van der Waals surface area contributed by atoms with Gasteiger partial charge in [0.2, 0.25) is 0 Å². The largest absolute Gasteiger partial charge is 0.506 e. The number of likely N-dealkylation sites (tertiary alicyclic amines) is 1. The predicted octanol–water partition coefficient (Wildman–Crippen LogP) is 1.74. The minimum atomic E-state index is -1.46. The number of aliphatic hydroxyl groups is 2. The third kappa shape index (κ3) is 2.15. The number of fused-ring (bicyclic) bond motifs is 2. The van der Waals surface area contributed by atoms with Crippen molar-refractivity contribution in [2.24, 2.45) is 23.2 Å². The molecule has 180 valence electrons. The number of ether oxygens (including phenoxy) is 1. The maximum Gasteiger partial charge on any atom is 0.313 e. The number of phenols is 1. The average molecular weight is 459 g/mol. The number of carbonyl (C=O) groups is 1. The number of aliphatic carboxylic acids is 1. The van der Waals surface area contributed by atoms with Crippen LogP contribution in [-0.2, 0) is 14.9 Å². The Morgan fingerprint density at radius 2 is 1.97 bits per heavy atom. The van der Waals surface area contributed by atoms with Crippen LogP contribution in [0, 0.1) is 23.2 Å². The molecule has 0 spiro atoms. The molecule has 2 saturated heterocycles. The highest BCUT2D eigenvalue weighted by molar-refractivity contribution is 5.86. The summed E-state index contributed by atoms with van der Waals surface area (Å²) < 4.78 is 5.83. The number of aliphatic hydroxyl groups excluding tert-OH is 2. The van der Waals surface area contributed by atoms with E-state index in [1.54, 1.807) is 25.1 Å². The van der Waals surface area contributed by atoms with Crippen LogP contribution in [0.2, 0.25) is 0 Å². The second kappa shape index (κ2) is 6.95. The molecule has 1 saturated carbocycles. The monoisotopic (exact) mass is 458 g/mol. The van der Waals surface area contributed by atoms with E-state index in [0.29, 0.717) is 24.2 Å². The normalized spacial score (nSPS) is 43.4. The number of rotatable bonds is 2. The summed E-state index contributed by atoms with van der Waals surface area (Å²) in [6, 6.07) is 5.23. The lowest BCUT2D eigenvalue weighted by Gasteiger charge is -2.67. The fraction of sp³-hybridized carbons (Fsp3) is 0.640. The number of allylic oxidation sites excluding steroid dienone is 1. The van der Waals surface area contributed by atoms with E-state index >= 15 is 0 Å². The van der Waals surface area contributed by atoms with Gasteiger partial charge in [-0.3, -0.25) is 9.69 Å². The fourth-order valence-electron chi connectivity index (χ4n) is 8.43. The zero-order valence-electron chi connectivity index (χ0n) is 19.8. The van der Waals surface area contributed by atoms with Gasteiger partial charge in [-0.15, -0.1) is 0 Å². The Labute approximate surface area is 194 Å². The lowest BCUT2D eigenvalue weighted by atomic mass is 9.40. The van der Waals surface area contributed by atoms with Gasteiger partial charge in [0.05, 0.1) is 23.8 Å². The zero-order chi connectivity index (χ0) is 24.1. The number of hydrogen-bond acceptors (Lipinski definition) is 7. The average Bonchev–Trinajstić information content (AvgIpc) is 3.20. The van der Waals surface area contributed by atoms with Crippen molar-refractivity contribution < 1.29 is 30.0 Å². The summed E-state index contributed by atoms with van der Waals surface area (Å²) >= 11 is 0. The predicted molar refractivity (Wildman–Crippen MR) is 122 cm³/mol. The second-order valence-electron chi connectivity index (χ2n) is 10.5. The van der Waals surface area contributed by atoms with E-state index in [-0.39, 0.29) is 18.3 Å². The number of likely N-dealkylation sites (N-methyl/N-ethyl adjacent to an activating group) is 2. The maximum absolute atomic E-state index is 13.6. The fourth-order valence-corrected chi connectivity index (χ4v) is 8.43. The Hall–Kier alpha value is -2.13. The molecule has 8 heteroatoms. The Kier molecular flexibility index (Phi) is 4.77. The molecule has 4 N–H and O–H groups in total. The molecule has 0 bridgehead atoms. The van der Waals surface area contributed by atoms with E-state index in [2.05, 4.69) is 4.90 Å². The smallest absolute Gasteiger partial charge is 0.313 e. The number of phenolic OH excluding ortho intramolecular Hbond substituents is 1. The van der Waals surface area contributed by atoms with Crippen molar-refractivity contribution in [3.63, 3.8) is 0 Å². The van der Waals surface area contributed by atoms with Gasteiger partial charge < -0.3 is 30.1 Å². The summed E-state index contributed by atoms with van der Waals surface area (Å²) in [5.41, 5.74) is -1.84. The molecule has 33 heavy (non-hydrogen) atoms. The molecule has 1 aromatic rings. The van der Waals surface area contributed by atoms with Crippen molar-refractivity contribution in [2.75, 3.05) is 32.1 Å². The third-order valence-electron chi connectivity index (χ3n) is 9.41. The summed E-state index contributed by atoms with van der Waals surface area (Å²) in [6.07, 6.45) is 0.0654. The quantitative estimate of drug-likeness (QED) is 0.496. The number of benzene rings is 1. The molecule has 0 aromatic heterocycles. The van der Waals surface area contributed by atoms with Crippen LogP contribution in [0.1, 0.15) is 32.8 Å². The Morgan fingerprint density at radius 1 is 1.27 bits per heavy atom. The van der Waals surface area contributed by atoms with Gasteiger partial charge in [-0.1, -0.05) is 32.1 Å². The first kappa shape index (κ1) is 22.7. The van der Waals surface area contributed by atoms with Crippen LogP contribution in [0.3, 0.4) is 0 Å². The van der Waals surface area contributed by atoms with Gasteiger partial charge in [0.1, 0.15) is 16.8 Å². The molecule has 8 nitrogen and oxygen atoms in total. The molecule has 1 aliphatic carbocycles. The SMILES string of the molecule is C/C=C1\[C@@H]2[C@@H](C(C)C)[C@H](O)[C@]34N(C)CC[C@]3(c3cccc(O)c3N4C)[C@@]2(C(=O)O)CO[C@@H]1O. The van der Waals surface area contributed by atoms with Crippen LogP contribution in [0.4, 0.5) is 5.69 Å². The van der Waals surface area contributed by atoms with Crippen molar-refractivity contribution in [2.45, 2.75) is 50.7 Å². The maximum atomic E-state index is 13.6. The van der Waals surface area contributed by atoms with Crippen LogP contribution >= 0.6 is 0 Å². The van der Waals surface area contributed by atoms with Gasteiger partial charge in [-0.05, 0) is 49.4 Å². The van der Waals surface area contributed by atoms with E-state index in [1.807, 2.05) is 38.9 Å². The van der Waals surface area contributed by atoms with E-state index in [1.165, 1.54) is 0 Å². The third-order valence-corrected chi connectivity index (χ3v) is 9.41. The molecule has 4 aliphatic rings. The second-order valence-corrected chi connectivity index (χ2v) is 10.5. The molecule has 3 heterocycles. The molecule has 3 fully saturated rings. The first-order chi connectivity index (χ1) is 15.6. The highest BCUT2D eigenvalue weighted by atomic mass is 16.6. The van der Waals surface area contributed by atoms with Crippen LogP contribution in [0.15, 0.2) is 29.8 Å². The molecule has 1 aromatic carbocycles. The lowest BCUT2D eigenvalue weighted by Crippen LogP contribution is -2.82. The van der Waals surface area contributed by atoms with Crippen molar-refractivity contribution in [1.29, 1.82) is 0 Å². The van der Waals surface area contributed by atoms with Crippen LogP contribution < -0.4 is 4.90 Å². The molecule has 0 unspecified atom stereocenters. The van der Waals surface area contributed by atoms with Crippen LogP contribution in [0.5, 0.6) is 5.75 Å². The van der Waals surface area contributed by atoms with Gasteiger partial charge in [-0.2, -0.15) is 0 Å². The molecule has 3 aliphatic heterocycles. The Morgan fingerprint density at radius 3 is 2.58 bits per heavy atom. The van der Waals surface area contributed by atoms with Gasteiger partial charge >= 0.3 is 5.97 Å². The summed E-state index contributed by atoms with van der Waals surface area (Å²) in [5.74, 6) is -2.11. The zero-order valence-corrected chi connectivity index (χ0v) is 19.8. The van der Waals surface area contributed by atoms with Gasteiger partial charge in [-0.25, -0.2) is 0 Å². The number of carboxylic acids is 1. The van der Waals surface area contributed by atoms with E-state index in [4.69, 9.17) is 4.74 Å². The number of para-hydroxylation sites is 1. The number of hydrogen-bond donors (Lipinski definition) is 4. The molecule has 5 rings (SSSR count). The van der Waals surface area contributed by atoms with E-state index in [0.717, 1.165) is 5.56 Å².